The molecule has 28 heavy (non-hydrogen) atoms. The van der Waals surface area contributed by atoms with Gasteiger partial charge in [0.25, 0.3) is 11.1 Å². The van der Waals surface area contributed by atoms with Gasteiger partial charge in [0.2, 0.25) is 5.91 Å². The van der Waals surface area contributed by atoms with E-state index >= 15 is 0 Å². The summed E-state index contributed by atoms with van der Waals surface area (Å²) in [5, 5.41) is 10.8. The van der Waals surface area contributed by atoms with Crippen molar-refractivity contribution < 1.29 is 18.3 Å². The van der Waals surface area contributed by atoms with Gasteiger partial charge in [-0.2, -0.15) is 0 Å². The zero-order valence-corrected chi connectivity index (χ0v) is 16.3. The molecule has 1 amide bonds. The minimum atomic E-state index is -0.430. The van der Waals surface area contributed by atoms with E-state index in [2.05, 4.69) is 15.5 Å². The number of halogens is 1. The second kappa shape index (κ2) is 9.36. The van der Waals surface area contributed by atoms with Crippen LogP contribution in [0.1, 0.15) is 20.3 Å². The van der Waals surface area contributed by atoms with Gasteiger partial charge in [0.1, 0.15) is 11.6 Å². The zero-order chi connectivity index (χ0) is 19.9. The van der Waals surface area contributed by atoms with Crippen molar-refractivity contribution in [1.29, 1.82) is 0 Å². The molecule has 0 saturated heterocycles. The Morgan fingerprint density at radius 2 is 1.93 bits per heavy atom. The summed E-state index contributed by atoms with van der Waals surface area (Å²) in [6, 6.07) is 13.0. The first-order chi connectivity index (χ1) is 13.6. The molecule has 146 valence electrons. The van der Waals surface area contributed by atoms with Gasteiger partial charge in [0, 0.05) is 5.69 Å². The number of hydrogen-bond donors (Lipinski definition) is 1. The lowest BCUT2D eigenvalue weighted by Crippen LogP contribution is -2.24. The van der Waals surface area contributed by atoms with Crippen molar-refractivity contribution in [3.05, 3.63) is 54.3 Å². The van der Waals surface area contributed by atoms with Crippen LogP contribution >= 0.6 is 11.8 Å². The van der Waals surface area contributed by atoms with E-state index in [0.29, 0.717) is 41.1 Å². The van der Waals surface area contributed by atoms with Gasteiger partial charge in [0.05, 0.1) is 17.4 Å². The highest BCUT2D eigenvalue weighted by molar-refractivity contribution is 8.00. The number of carbonyl (C=O) groups excluding carboxylic acids is 1. The molecule has 3 rings (SSSR count). The van der Waals surface area contributed by atoms with E-state index in [1.807, 2.05) is 38.1 Å². The molecule has 0 radical (unpaired) electrons. The van der Waals surface area contributed by atoms with Gasteiger partial charge < -0.3 is 14.5 Å². The molecule has 3 aromatic rings. The average Bonchev–Trinajstić information content (AvgIpc) is 3.17. The Morgan fingerprint density at radius 1 is 1.18 bits per heavy atom. The highest BCUT2D eigenvalue weighted by Gasteiger charge is 2.22. The fraction of sp³-hybridized carbons (Fsp3) is 0.250. The summed E-state index contributed by atoms with van der Waals surface area (Å²) in [6.07, 6.45) is 0.560. The largest absolute Gasteiger partial charge is 0.493 e. The molecule has 0 aliphatic rings. The quantitative estimate of drug-likeness (QED) is 0.547. The second-order valence-electron chi connectivity index (χ2n) is 5.81. The summed E-state index contributed by atoms with van der Waals surface area (Å²) in [7, 11) is 0. The van der Waals surface area contributed by atoms with E-state index in [1.54, 1.807) is 0 Å². The number of anilines is 1. The van der Waals surface area contributed by atoms with Crippen LogP contribution in [-0.2, 0) is 4.79 Å². The third-order valence-corrected chi connectivity index (χ3v) is 5.04. The van der Waals surface area contributed by atoms with Crippen LogP contribution in [0.15, 0.2) is 58.2 Å². The third-order valence-electron chi connectivity index (χ3n) is 3.84. The Bertz CT molecular complexity index is 930. The van der Waals surface area contributed by atoms with Crippen LogP contribution in [0.4, 0.5) is 10.1 Å². The van der Waals surface area contributed by atoms with E-state index in [1.165, 1.54) is 36.0 Å². The number of ether oxygens (including phenoxy) is 1. The number of benzene rings is 2. The molecule has 1 N–H and O–H groups in total. The van der Waals surface area contributed by atoms with Crippen molar-refractivity contribution in [2.45, 2.75) is 30.7 Å². The molecular weight excluding hydrogens is 381 g/mol. The molecule has 0 bridgehead atoms. The average molecular weight is 401 g/mol. The molecular formula is C20H20FN3O3S. The molecule has 1 heterocycles. The van der Waals surface area contributed by atoms with Crippen LogP contribution in [0, 0.1) is 5.82 Å². The number of hydrogen-bond acceptors (Lipinski definition) is 6. The molecule has 2 aromatic carbocycles. The standard InChI is InChI=1S/C20H20FN3O3S/c1-3-17(18(25)22-14-11-9-13(21)10-12-14)28-20-24-23-19(27-20)15-7-5-6-8-16(15)26-4-2/h5-12,17H,3-4H2,1-2H3,(H,22,25). The van der Waals surface area contributed by atoms with Crippen LogP contribution in [0.5, 0.6) is 5.75 Å². The number of carbonyl (C=O) groups is 1. The minimum absolute atomic E-state index is 0.214. The Morgan fingerprint density at radius 3 is 2.64 bits per heavy atom. The molecule has 0 fully saturated rings. The number of nitrogens with one attached hydrogen (secondary N) is 1. The number of thioether (sulfide) groups is 1. The molecule has 0 spiro atoms. The molecule has 0 aliphatic heterocycles. The van der Waals surface area contributed by atoms with Crippen molar-refractivity contribution in [1.82, 2.24) is 10.2 Å². The Kier molecular flexibility index (Phi) is 6.65. The smallest absolute Gasteiger partial charge is 0.277 e. The Labute approximate surface area is 166 Å². The maximum Gasteiger partial charge on any atom is 0.277 e. The van der Waals surface area contributed by atoms with Crippen LogP contribution in [0.2, 0.25) is 0 Å². The Hall–Kier alpha value is -2.87. The predicted molar refractivity (Wildman–Crippen MR) is 106 cm³/mol. The molecule has 1 atom stereocenters. The predicted octanol–water partition coefficient (Wildman–Crippen LogP) is 4.78. The molecule has 6 nitrogen and oxygen atoms in total. The van der Waals surface area contributed by atoms with Gasteiger partial charge in [-0.15, -0.1) is 10.2 Å². The number of aromatic nitrogens is 2. The number of nitrogens with zero attached hydrogens (tertiary/aromatic N) is 2. The van der Waals surface area contributed by atoms with Gasteiger partial charge in [-0.25, -0.2) is 4.39 Å². The van der Waals surface area contributed by atoms with Crippen molar-refractivity contribution in [2.75, 3.05) is 11.9 Å². The van der Waals surface area contributed by atoms with E-state index in [4.69, 9.17) is 9.15 Å². The lowest BCUT2D eigenvalue weighted by molar-refractivity contribution is -0.115. The van der Waals surface area contributed by atoms with E-state index in [9.17, 15) is 9.18 Å². The van der Waals surface area contributed by atoms with E-state index < -0.39 is 5.25 Å². The van der Waals surface area contributed by atoms with Crippen molar-refractivity contribution in [2.24, 2.45) is 0 Å². The van der Waals surface area contributed by atoms with Crippen LogP contribution in [-0.4, -0.2) is 28.0 Å². The van der Waals surface area contributed by atoms with Crippen molar-refractivity contribution >= 4 is 23.4 Å². The van der Waals surface area contributed by atoms with Gasteiger partial charge in [-0.05, 0) is 49.7 Å². The number of amides is 1. The maximum atomic E-state index is 13.0. The zero-order valence-electron chi connectivity index (χ0n) is 15.5. The molecule has 0 aliphatic carbocycles. The molecule has 8 heteroatoms. The Balaban J connectivity index is 1.70. The maximum absolute atomic E-state index is 13.0. The fourth-order valence-electron chi connectivity index (χ4n) is 2.49. The first-order valence-electron chi connectivity index (χ1n) is 8.89. The van der Waals surface area contributed by atoms with Gasteiger partial charge in [-0.1, -0.05) is 30.8 Å². The summed E-state index contributed by atoms with van der Waals surface area (Å²) in [5.74, 6) is 0.422. The van der Waals surface area contributed by atoms with Crippen LogP contribution in [0.25, 0.3) is 11.5 Å². The summed E-state index contributed by atoms with van der Waals surface area (Å²) < 4.78 is 24.3. The van der Waals surface area contributed by atoms with Crippen LogP contribution in [0.3, 0.4) is 0 Å². The summed E-state index contributed by atoms with van der Waals surface area (Å²) in [6.45, 7) is 4.31. The van der Waals surface area contributed by atoms with Gasteiger partial charge in [0.15, 0.2) is 0 Å². The fourth-order valence-corrected chi connectivity index (χ4v) is 3.28. The monoisotopic (exact) mass is 401 g/mol. The summed E-state index contributed by atoms with van der Waals surface area (Å²) in [4.78, 5) is 12.5. The highest BCUT2D eigenvalue weighted by Crippen LogP contribution is 2.32. The van der Waals surface area contributed by atoms with Crippen LogP contribution < -0.4 is 10.1 Å². The van der Waals surface area contributed by atoms with E-state index in [0.717, 1.165) is 0 Å². The molecule has 1 unspecified atom stereocenters. The molecule has 0 saturated carbocycles. The van der Waals surface area contributed by atoms with E-state index in [-0.39, 0.29) is 11.7 Å². The number of para-hydroxylation sites is 1. The topological polar surface area (TPSA) is 77.2 Å². The third kappa shape index (κ3) is 4.89. The minimum Gasteiger partial charge on any atom is -0.493 e. The first-order valence-corrected chi connectivity index (χ1v) is 9.77. The summed E-state index contributed by atoms with van der Waals surface area (Å²) in [5.41, 5.74) is 1.23. The number of rotatable bonds is 8. The molecule has 1 aromatic heterocycles. The highest BCUT2D eigenvalue weighted by atomic mass is 32.2. The second-order valence-corrected chi connectivity index (χ2v) is 6.97. The van der Waals surface area contributed by atoms with Gasteiger partial charge in [-0.3, -0.25) is 4.79 Å². The van der Waals surface area contributed by atoms with Crippen molar-refractivity contribution in [3.63, 3.8) is 0 Å². The van der Waals surface area contributed by atoms with Gasteiger partial charge >= 0.3 is 0 Å². The normalized spacial score (nSPS) is 11.8. The van der Waals surface area contributed by atoms with Crippen molar-refractivity contribution in [3.8, 4) is 17.2 Å². The summed E-state index contributed by atoms with van der Waals surface area (Å²) >= 11 is 1.19. The SMILES string of the molecule is CCOc1ccccc1-c1nnc(SC(CC)C(=O)Nc2ccc(F)cc2)o1. The lowest BCUT2D eigenvalue weighted by Gasteiger charge is -2.12. The lowest BCUT2D eigenvalue weighted by atomic mass is 10.2. The first kappa shape index (κ1) is 19.9.